The lowest BCUT2D eigenvalue weighted by Crippen LogP contribution is -1.97. The summed E-state index contributed by atoms with van der Waals surface area (Å²) in [5.74, 6) is -6.42. The predicted octanol–water partition coefficient (Wildman–Crippen LogP) is 2.67. The Morgan fingerprint density at radius 2 is 1.57 bits per heavy atom. The van der Waals surface area contributed by atoms with Crippen LogP contribution in [0.25, 0.3) is 0 Å². The summed E-state index contributed by atoms with van der Waals surface area (Å²) in [4.78, 5) is -1.09. The van der Waals surface area contributed by atoms with Crippen LogP contribution in [0.5, 0.6) is 0 Å². The summed E-state index contributed by atoms with van der Waals surface area (Å²) in [6.45, 7) is 0. The summed E-state index contributed by atoms with van der Waals surface area (Å²) in [5, 5.41) is 10.7. The minimum absolute atomic E-state index is 0.0501. The Morgan fingerprint density at radius 1 is 1.07 bits per heavy atom. The molecule has 1 aromatic rings. The molecule has 0 amide bonds. The van der Waals surface area contributed by atoms with Gasteiger partial charge in [-0.15, -0.1) is 4.33 Å². The highest BCUT2D eigenvalue weighted by atomic mass is 32.2. The molecule has 1 N–H and O–H groups in total. The van der Waals surface area contributed by atoms with Gasteiger partial charge >= 0.3 is 0 Å². The van der Waals surface area contributed by atoms with Crippen LogP contribution in [0.4, 0.5) is 17.6 Å². The molecule has 0 aliphatic carbocycles. The summed E-state index contributed by atoms with van der Waals surface area (Å²) < 4.78 is 54.1. The van der Waals surface area contributed by atoms with E-state index in [0.29, 0.717) is 0 Å². The van der Waals surface area contributed by atoms with Crippen molar-refractivity contribution in [3.05, 3.63) is 29.3 Å². The first kappa shape index (κ1) is 11.2. The van der Waals surface area contributed by atoms with Crippen LogP contribution in [0, 0.1) is 23.3 Å². The van der Waals surface area contributed by atoms with Crippen LogP contribution in [0.1, 0.15) is 0 Å². The maximum Gasteiger partial charge on any atom is 0.177 e. The van der Waals surface area contributed by atoms with Gasteiger partial charge in [0.05, 0.1) is 12.0 Å². The van der Waals surface area contributed by atoms with Crippen molar-refractivity contribution in [3.8, 4) is 0 Å². The van der Waals surface area contributed by atoms with E-state index in [0.717, 1.165) is 0 Å². The van der Waals surface area contributed by atoms with Crippen molar-refractivity contribution in [3.63, 3.8) is 0 Å². The van der Waals surface area contributed by atoms with Crippen LogP contribution in [0.2, 0.25) is 0 Å². The van der Waals surface area contributed by atoms with Gasteiger partial charge in [0.25, 0.3) is 0 Å². The maximum absolute atomic E-state index is 12.7. The van der Waals surface area contributed by atoms with Gasteiger partial charge < -0.3 is 0 Å². The van der Waals surface area contributed by atoms with E-state index in [-0.39, 0.29) is 18.1 Å². The van der Waals surface area contributed by atoms with Crippen molar-refractivity contribution in [2.75, 3.05) is 0 Å². The smallest absolute Gasteiger partial charge is 0.177 e. The third kappa shape index (κ3) is 2.15. The molecule has 0 unspecified atom stereocenters. The fraction of sp³-hybridized carbons (Fsp3) is 0. The van der Waals surface area contributed by atoms with E-state index in [4.69, 9.17) is 5.26 Å². The molecule has 3 nitrogen and oxygen atoms in total. The van der Waals surface area contributed by atoms with Crippen LogP contribution in [-0.4, -0.2) is 5.26 Å². The molecule has 1 rings (SSSR count). The second kappa shape index (κ2) is 4.60. The van der Waals surface area contributed by atoms with Gasteiger partial charge in [-0.05, 0) is 0 Å². The molecule has 0 heterocycles. The molecule has 8 heteroatoms. The van der Waals surface area contributed by atoms with E-state index in [1.54, 1.807) is 0 Å². The molecule has 0 aromatic heterocycles. The van der Waals surface area contributed by atoms with Gasteiger partial charge in [-0.1, -0.05) is 5.04 Å². The van der Waals surface area contributed by atoms with Crippen LogP contribution >= 0.6 is 12.0 Å². The maximum atomic E-state index is 12.7. The minimum atomic E-state index is -1.63. The second-order valence-electron chi connectivity index (χ2n) is 2.02. The first-order chi connectivity index (χ1) is 6.57. The summed E-state index contributed by atoms with van der Waals surface area (Å²) in [5.41, 5.74) is 0. The van der Waals surface area contributed by atoms with E-state index in [1.807, 2.05) is 0 Å². The van der Waals surface area contributed by atoms with Crippen LogP contribution in [0.15, 0.2) is 11.0 Å². The Labute approximate surface area is 79.3 Å². The summed E-state index contributed by atoms with van der Waals surface area (Å²) in [6.07, 6.45) is 0. The lowest BCUT2D eigenvalue weighted by atomic mass is 10.3. The monoisotopic (exact) mass is 230 g/mol. The molecule has 0 radical (unpaired) electrons. The van der Waals surface area contributed by atoms with Crippen molar-refractivity contribution < 1.29 is 32.2 Å². The second-order valence-corrected chi connectivity index (χ2v) is 2.73. The number of halogens is 4. The third-order valence-corrected chi connectivity index (χ3v) is 1.87. The van der Waals surface area contributed by atoms with E-state index >= 15 is 0 Å². The molecule has 0 saturated carbocycles. The Balaban J connectivity index is 3.11. The van der Waals surface area contributed by atoms with Gasteiger partial charge in [-0.25, -0.2) is 22.8 Å². The molecule has 0 aliphatic rings. The Hall–Kier alpha value is -0.830. The van der Waals surface area contributed by atoms with Crippen molar-refractivity contribution in [2.45, 2.75) is 4.90 Å². The predicted molar refractivity (Wildman–Crippen MR) is 36.9 cm³/mol. The standard InChI is InChI=1S/C6H2F4O3S/c7-2-1-3(8)5(10)6(4(2)9)14-13-12-11/h1,11H. The van der Waals surface area contributed by atoms with Gasteiger partial charge in [-0.2, -0.15) is 0 Å². The molecule has 0 saturated heterocycles. The fourth-order valence-electron chi connectivity index (χ4n) is 0.674. The number of hydrogen-bond donors (Lipinski definition) is 1. The van der Waals surface area contributed by atoms with Crippen molar-refractivity contribution in [1.82, 2.24) is 0 Å². The number of benzene rings is 1. The van der Waals surface area contributed by atoms with E-state index in [2.05, 4.69) is 9.37 Å². The van der Waals surface area contributed by atoms with Gasteiger partial charge in [-0.3, -0.25) is 0 Å². The summed E-state index contributed by atoms with van der Waals surface area (Å²) in [6, 6.07) is 0.0501. The fourth-order valence-corrected chi connectivity index (χ4v) is 1.11. The number of hydrogen-bond acceptors (Lipinski definition) is 4. The topological polar surface area (TPSA) is 38.7 Å². The van der Waals surface area contributed by atoms with E-state index < -0.39 is 28.2 Å². The highest BCUT2D eigenvalue weighted by molar-refractivity contribution is 7.94. The van der Waals surface area contributed by atoms with Gasteiger partial charge in [0.1, 0.15) is 4.90 Å². The first-order valence-corrected chi connectivity index (χ1v) is 3.79. The molecule has 0 fully saturated rings. The zero-order valence-corrected chi connectivity index (χ0v) is 7.08. The molecule has 0 aliphatic heterocycles. The SMILES string of the molecule is OOOSc1c(F)c(F)cc(F)c1F. The normalized spacial score (nSPS) is 10.6. The van der Waals surface area contributed by atoms with Gasteiger partial charge in [0.15, 0.2) is 23.3 Å². The summed E-state index contributed by atoms with van der Waals surface area (Å²) >= 11 is -0.200. The molecular formula is C6H2F4O3S. The third-order valence-electron chi connectivity index (χ3n) is 1.22. The average Bonchev–Trinajstić information content (AvgIpc) is 2.15. The Morgan fingerprint density at radius 3 is 2.00 bits per heavy atom. The lowest BCUT2D eigenvalue weighted by Gasteiger charge is -2.03. The highest BCUT2D eigenvalue weighted by Crippen LogP contribution is 2.29. The zero-order valence-electron chi connectivity index (χ0n) is 6.26. The van der Waals surface area contributed by atoms with E-state index in [1.165, 1.54) is 0 Å². The van der Waals surface area contributed by atoms with Crippen LogP contribution < -0.4 is 0 Å². The summed E-state index contributed by atoms with van der Waals surface area (Å²) in [7, 11) is 0. The van der Waals surface area contributed by atoms with Gasteiger partial charge in [0.2, 0.25) is 0 Å². The average molecular weight is 230 g/mol. The molecule has 1 aromatic carbocycles. The van der Waals surface area contributed by atoms with Crippen LogP contribution in [0.3, 0.4) is 0 Å². The van der Waals surface area contributed by atoms with Crippen molar-refractivity contribution in [2.24, 2.45) is 0 Å². The molecular weight excluding hydrogens is 228 g/mol. The first-order valence-electron chi connectivity index (χ1n) is 3.05. The molecule has 14 heavy (non-hydrogen) atoms. The molecule has 78 valence electrons. The molecule has 0 bridgehead atoms. The van der Waals surface area contributed by atoms with Crippen LogP contribution in [-0.2, 0) is 9.37 Å². The largest absolute Gasteiger partial charge is 0.220 e. The molecule has 0 atom stereocenters. The van der Waals surface area contributed by atoms with Crippen molar-refractivity contribution in [1.29, 1.82) is 0 Å². The Bertz CT molecular complexity index is 320. The Kier molecular flexibility index (Phi) is 3.69. The van der Waals surface area contributed by atoms with E-state index in [9.17, 15) is 17.6 Å². The lowest BCUT2D eigenvalue weighted by molar-refractivity contribution is -0.432. The van der Waals surface area contributed by atoms with Crippen molar-refractivity contribution >= 4 is 12.0 Å². The highest BCUT2D eigenvalue weighted by Gasteiger charge is 2.20. The quantitative estimate of drug-likeness (QED) is 0.285. The minimum Gasteiger partial charge on any atom is -0.220 e. The molecule has 0 spiro atoms. The van der Waals surface area contributed by atoms with Gasteiger partial charge in [0, 0.05) is 6.07 Å². The zero-order chi connectivity index (χ0) is 10.7. The number of rotatable bonds is 3.